The van der Waals surface area contributed by atoms with Crippen LogP contribution in [0.1, 0.15) is 17.4 Å². The number of hydrogen-bond acceptors (Lipinski definition) is 5. The van der Waals surface area contributed by atoms with Gasteiger partial charge in [0.05, 0.1) is 17.9 Å². The number of thioether (sulfide) groups is 1. The van der Waals surface area contributed by atoms with Gasteiger partial charge < -0.3 is 14.1 Å². The average Bonchev–Trinajstić information content (AvgIpc) is 3.11. The lowest BCUT2D eigenvalue weighted by atomic mass is 10.1. The number of furan rings is 1. The van der Waals surface area contributed by atoms with Crippen LogP contribution in [-0.4, -0.2) is 25.6 Å². The molecular formula is C16H16FN3O2S. The van der Waals surface area contributed by atoms with Gasteiger partial charge in [-0.25, -0.2) is 4.39 Å². The zero-order chi connectivity index (χ0) is 16.4. The lowest BCUT2D eigenvalue weighted by molar-refractivity contribution is 0.199. The van der Waals surface area contributed by atoms with E-state index in [2.05, 4.69) is 10.2 Å². The quantitative estimate of drug-likeness (QED) is 0.726. The summed E-state index contributed by atoms with van der Waals surface area (Å²) < 4.78 is 20.8. The van der Waals surface area contributed by atoms with Crippen molar-refractivity contribution in [2.24, 2.45) is 7.05 Å². The monoisotopic (exact) mass is 333 g/mol. The van der Waals surface area contributed by atoms with Crippen molar-refractivity contribution in [1.82, 2.24) is 14.8 Å². The third-order valence-corrected chi connectivity index (χ3v) is 4.67. The second-order valence-electron chi connectivity index (χ2n) is 5.10. The van der Waals surface area contributed by atoms with Crippen LogP contribution in [0.25, 0.3) is 11.4 Å². The van der Waals surface area contributed by atoms with Gasteiger partial charge in [0.25, 0.3) is 0 Å². The molecule has 0 aliphatic rings. The van der Waals surface area contributed by atoms with E-state index in [4.69, 9.17) is 4.42 Å². The van der Waals surface area contributed by atoms with Crippen LogP contribution in [0.15, 0.2) is 46.2 Å². The standard InChI is InChI=1S/C16H16FN3O2S/c1-10-11(7-8-22-10)15-18-19-16(20(15)2)23-9-14(21)12-5-3-4-6-13(12)17/h3-8,14,21H,9H2,1-2H3/t14-/m1/s1. The largest absolute Gasteiger partial charge is 0.469 e. The molecular weight excluding hydrogens is 317 g/mol. The van der Waals surface area contributed by atoms with Crippen LogP contribution in [0.2, 0.25) is 0 Å². The first-order valence-electron chi connectivity index (χ1n) is 7.07. The van der Waals surface area contributed by atoms with Crippen LogP contribution in [-0.2, 0) is 7.05 Å². The molecule has 0 bridgehead atoms. The molecule has 0 fully saturated rings. The van der Waals surface area contributed by atoms with Crippen molar-refractivity contribution in [3.63, 3.8) is 0 Å². The zero-order valence-electron chi connectivity index (χ0n) is 12.7. The summed E-state index contributed by atoms with van der Waals surface area (Å²) in [6.45, 7) is 1.86. The van der Waals surface area contributed by atoms with Crippen molar-refractivity contribution in [3.05, 3.63) is 53.7 Å². The molecule has 120 valence electrons. The summed E-state index contributed by atoms with van der Waals surface area (Å²) in [6.07, 6.45) is 0.700. The fourth-order valence-electron chi connectivity index (χ4n) is 2.28. The third-order valence-electron chi connectivity index (χ3n) is 3.57. The van der Waals surface area contributed by atoms with Crippen molar-refractivity contribution in [1.29, 1.82) is 0 Å². The first kappa shape index (κ1) is 15.8. The molecule has 2 heterocycles. The van der Waals surface area contributed by atoms with E-state index in [9.17, 15) is 9.50 Å². The summed E-state index contributed by atoms with van der Waals surface area (Å²) in [5.74, 6) is 1.34. The van der Waals surface area contributed by atoms with E-state index in [1.165, 1.54) is 17.8 Å². The number of nitrogens with zero attached hydrogens (tertiary/aromatic N) is 3. The molecule has 3 aromatic rings. The fraction of sp³-hybridized carbons (Fsp3) is 0.250. The maximum atomic E-state index is 13.7. The van der Waals surface area contributed by atoms with Crippen molar-refractivity contribution in [2.75, 3.05) is 5.75 Å². The second-order valence-corrected chi connectivity index (χ2v) is 6.09. The maximum Gasteiger partial charge on any atom is 0.191 e. The van der Waals surface area contributed by atoms with Crippen molar-refractivity contribution in [2.45, 2.75) is 18.2 Å². The van der Waals surface area contributed by atoms with E-state index < -0.39 is 11.9 Å². The van der Waals surface area contributed by atoms with Gasteiger partial charge >= 0.3 is 0 Å². The smallest absolute Gasteiger partial charge is 0.191 e. The zero-order valence-corrected chi connectivity index (χ0v) is 13.5. The molecule has 0 unspecified atom stereocenters. The minimum atomic E-state index is -0.906. The first-order valence-corrected chi connectivity index (χ1v) is 8.05. The molecule has 0 spiro atoms. The molecule has 5 nitrogen and oxygen atoms in total. The van der Waals surface area contributed by atoms with Gasteiger partial charge in [-0.05, 0) is 19.1 Å². The molecule has 2 aromatic heterocycles. The minimum absolute atomic E-state index is 0.285. The molecule has 1 atom stereocenters. The Morgan fingerprint density at radius 3 is 2.78 bits per heavy atom. The van der Waals surface area contributed by atoms with Crippen LogP contribution >= 0.6 is 11.8 Å². The molecule has 7 heteroatoms. The molecule has 0 saturated heterocycles. The van der Waals surface area contributed by atoms with Gasteiger partial charge in [-0.15, -0.1) is 10.2 Å². The third kappa shape index (κ3) is 3.16. The number of halogens is 1. The number of aliphatic hydroxyl groups excluding tert-OH is 1. The van der Waals surface area contributed by atoms with E-state index in [-0.39, 0.29) is 11.3 Å². The van der Waals surface area contributed by atoms with Crippen molar-refractivity contribution < 1.29 is 13.9 Å². The highest BCUT2D eigenvalue weighted by Crippen LogP contribution is 2.28. The Balaban J connectivity index is 1.74. The average molecular weight is 333 g/mol. The summed E-state index contributed by atoms with van der Waals surface area (Å²) in [5, 5.41) is 19.1. The van der Waals surface area contributed by atoms with Crippen LogP contribution in [0, 0.1) is 12.7 Å². The second kappa shape index (κ2) is 6.55. The van der Waals surface area contributed by atoms with Gasteiger partial charge in [0.2, 0.25) is 0 Å². The van der Waals surface area contributed by atoms with Crippen molar-refractivity contribution in [3.8, 4) is 11.4 Å². The van der Waals surface area contributed by atoms with Crippen LogP contribution < -0.4 is 0 Å². The minimum Gasteiger partial charge on any atom is -0.469 e. The van der Waals surface area contributed by atoms with Gasteiger partial charge in [0.15, 0.2) is 11.0 Å². The molecule has 0 radical (unpaired) electrons. The molecule has 1 N–H and O–H groups in total. The highest BCUT2D eigenvalue weighted by molar-refractivity contribution is 7.99. The molecule has 0 amide bonds. The molecule has 3 rings (SSSR count). The predicted molar refractivity (Wildman–Crippen MR) is 85.5 cm³/mol. The topological polar surface area (TPSA) is 64.1 Å². The van der Waals surface area contributed by atoms with Crippen molar-refractivity contribution >= 4 is 11.8 Å². The lowest BCUT2D eigenvalue weighted by Crippen LogP contribution is -2.04. The number of hydrogen-bond donors (Lipinski definition) is 1. The first-order chi connectivity index (χ1) is 11.1. The van der Waals surface area contributed by atoms with Crippen LogP contribution in [0.3, 0.4) is 0 Å². The Morgan fingerprint density at radius 1 is 1.30 bits per heavy atom. The highest BCUT2D eigenvalue weighted by atomic mass is 32.2. The Kier molecular flexibility index (Phi) is 4.49. The van der Waals surface area contributed by atoms with E-state index in [0.717, 1.165) is 11.3 Å². The van der Waals surface area contributed by atoms with E-state index in [1.54, 1.807) is 24.5 Å². The summed E-state index contributed by atoms with van der Waals surface area (Å²) >= 11 is 1.32. The highest BCUT2D eigenvalue weighted by Gasteiger charge is 2.17. The Bertz CT molecular complexity index is 815. The van der Waals surface area contributed by atoms with E-state index in [0.29, 0.717) is 11.0 Å². The summed E-state index contributed by atoms with van der Waals surface area (Å²) in [4.78, 5) is 0. The lowest BCUT2D eigenvalue weighted by Gasteiger charge is -2.11. The molecule has 1 aromatic carbocycles. The van der Waals surface area contributed by atoms with Gasteiger partial charge in [0.1, 0.15) is 11.6 Å². The van der Waals surface area contributed by atoms with Gasteiger partial charge in [-0.2, -0.15) is 0 Å². The van der Waals surface area contributed by atoms with Gasteiger partial charge in [0, 0.05) is 18.4 Å². The van der Waals surface area contributed by atoms with E-state index in [1.807, 2.05) is 24.6 Å². The number of aliphatic hydroxyl groups is 1. The number of aryl methyl sites for hydroxylation is 1. The molecule has 0 aliphatic heterocycles. The predicted octanol–water partition coefficient (Wildman–Crippen LogP) is 3.35. The maximum absolute atomic E-state index is 13.7. The molecule has 0 aliphatic carbocycles. The normalized spacial score (nSPS) is 12.5. The van der Waals surface area contributed by atoms with Crippen LogP contribution in [0.4, 0.5) is 4.39 Å². The molecule has 0 saturated carbocycles. The van der Waals surface area contributed by atoms with E-state index >= 15 is 0 Å². The Morgan fingerprint density at radius 2 is 2.09 bits per heavy atom. The summed E-state index contributed by atoms with van der Waals surface area (Å²) in [7, 11) is 1.85. The summed E-state index contributed by atoms with van der Waals surface area (Å²) in [5.41, 5.74) is 1.16. The fourth-order valence-corrected chi connectivity index (χ4v) is 3.15. The Hall–Kier alpha value is -2.12. The van der Waals surface area contributed by atoms with Gasteiger partial charge in [-0.1, -0.05) is 30.0 Å². The van der Waals surface area contributed by atoms with Crippen LogP contribution in [0.5, 0.6) is 0 Å². The Labute approximate surface area is 137 Å². The number of rotatable bonds is 5. The number of benzene rings is 1. The van der Waals surface area contributed by atoms with Gasteiger partial charge in [-0.3, -0.25) is 0 Å². The SMILES string of the molecule is Cc1occc1-c1nnc(SC[C@@H](O)c2ccccc2F)n1C. The number of aromatic nitrogens is 3. The summed E-state index contributed by atoms with van der Waals surface area (Å²) in [6, 6.07) is 8.06. The molecule has 23 heavy (non-hydrogen) atoms.